The molecule has 20 heavy (non-hydrogen) atoms. The van der Waals surface area contributed by atoms with Crippen LogP contribution in [0.2, 0.25) is 0 Å². The average Bonchev–Trinajstić information content (AvgIpc) is 2.89. The molecule has 0 saturated carbocycles. The summed E-state index contributed by atoms with van der Waals surface area (Å²) in [4.78, 5) is 0. The third-order valence-corrected chi connectivity index (χ3v) is 2.86. The molecule has 0 atom stereocenters. The minimum absolute atomic E-state index is 0.402. The van der Waals surface area contributed by atoms with Crippen LogP contribution in [0.5, 0.6) is 11.5 Å². The van der Waals surface area contributed by atoms with Crippen molar-refractivity contribution in [1.82, 2.24) is 20.3 Å². The molecule has 2 aromatic rings. The molecule has 0 radical (unpaired) electrons. The Labute approximate surface area is 118 Å². The average molecular weight is 276 g/mol. The van der Waals surface area contributed by atoms with Gasteiger partial charge >= 0.3 is 0 Å². The number of benzene rings is 1. The number of aromatic nitrogens is 3. The van der Waals surface area contributed by atoms with Crippen molar-refractivity contribution < 1.29 is 9.47 Å². The van der Waals surface area contributed by atoms with Gasteiger partial charge in [-0.05, 0) is 24.7 Å². The van der Waals surface area contributed by atoms with E-state index in [0.717, 1.165) is 35.8 Å². The normalized spacial score (nSPS) is 10.6. The largest absolute Gasteiger partial charge is 0.497 e. The summed E-state index contributed by atoms with van der Waals surface area (Å²) < 4.78 is 12.7. The summed E-state index contributed by atoms with van der Waals surface area (Å²) in [5.41, 5.74) is 1.87. The Hall–Kier alpha value is -2.08. The monoisotopic (exact) mass is 276 g/mol. The molecule has 0 fully saturated rings. The maximum atomic E-state index is 5.82. The van der Waals surface area contributed by atoms with Gasteiger partial charge in [-0.1, -0.05) is 12.1 Å². The number of nitrogens with one attached hydrogen (secondary N) is 1. The molecule has 0 unspecified atom stereocenters. The summed E-state index contributed by atoms with van der Waals surface area (Å²) in [6.45, 7) is 4.11. The zero-order chi connectivity index (χ0) is 14.4. The highest BCUT2D eigenvalue weighted by molar-refractivity contribution is 5.40. The first-order valence-corrected chi connectivity index (χ1v) is 6.58. The van der Waals surface area contributed by atoms with Gasteiger partial charge in [0.25, 0.3) is 0 Å². The van der Waals surface area contributed by atoms with Gasteiger partial charge in [0.1, 0.15) is 23.8 Å². The Morgan fingerprint density at radius 2 is 2.20 bits per heavy atom. The van der Waals surface area contributed by atoms with Gasteiger partial charge in [-0.2, -0.15) is 0 Å². The van der Waals surface area contributed by atoms with Gasteiger partial charge in [0, 0.05) is 19.2 Å². The molecule has 1 N–H and O–H groups in total. The highest BCUT2D eigenvalue weighted by Crippen LogP contribution is 2.24. The van der Waals surface area contributed by atoms with E-state index >= 15 is 0 Å². The number of hydrogen-bond acceptors (Lipinski definition) is 5. The first-order valence-electron chi connectivity index (χ1n) is 6.58. The molecule has 2 rings (SSSR count). The van der Waals surface area contributed by atoms with E-state index < -0.39 is 0 Å². The summed E-state index contributed by atoms with van der Waals surface area (Å²) >= 11 is 0. The van der Waals surface area contributed by atoms with E-state index in [1.807, 2.05) is 31.4 Å². The van der Waals surface area contributed by atoms with Gasteiger partial charge in [0.15, 0.2) is 0 Å². The smallest absolute Gasteiger partial charge is 0.134 e. The van der Waals surface area contributed by atoms with Crippen LogP contribution in [0.3, 0.4) is 0 Å². The van der Waals surface area contributed by atoms with E-state index in [4.69, 9.17) is 9.47 Å². The van der Waals surface area contributed by atoms with Crippen molar-refractivity contribution in [3.05, 3.63) is 35.7 Å². The maximum absolute atomic E-state index is 5.82. The molecule has 1 heterocycles. The van der Waals surface area contributed by atoms with Crippen LogP contribution >= 0.6 is 0 Å². The third kappa shape index (κ3) is 3.71. The van der Waals surface area contributed by atoms with Crippen molar-refractivity contribution >= 4 is 0 Å². The van der Waals surface area contributed by atoms with E-state index in [0.29, 0.717) is 6.61 Å². The van der Waals surface area contributed by atoms with Crippen molar-refractivity contribution in [2.24, 2.45) is 7.05 Å². The first-order chi connectivity index (χ1) is 9.72. The fraction of sp³-hybridized carbons (Fsp3) is 0.429. The van der Waals surface area contributed by atoms with Crippen LogP contribution in [0.4, 0.5) is 0 Å². The zero-order valence-electron chi connectivity index (χ0n) is 12.1. The van der Waals surface area contributed by atoms with Crippen LogP contribution in [0, 0.1) is 0 Å². The summed E-state index contributed by atoms with van der Waals surface area (Å²) in [6.07, 6.45) is 1.84. The molecule has 6 nitrogen and oxygen atoms in total. The molecule has 0 bridgehead atoms. The second kappa shape index (κ2) is 6.91. The Morgan fingerprint density at radius 3 is 2.85 bits per heavy atom. The number of ether oxygens (including phenoxy) is 2. The lowest BCUT2D eigenvalue weighted by atomic mass is 10.2. The molecule has 0 aliphatic heterocycles. The number of aryl methyl sites for hydroxylation is 1. The number of hydrogen-bond donors (Lipinski definition) is 1. The molecule has 0 spiro atoms. The molecule has 1 aromatic heterocycles. The maximum Gasteiger partial charge on any atom is 0.134 e. The van der Waals surface area contributed by atoms with Crippen LogP contribution < -0.4 is 14.8 Å². The summed E-state index contributed by atoms with van der Waals surface area (Å²) in [5, 5.41) is 11.2. The summed E-state index contributed by atoms with van der Waals surface area (Å²) in [5.74, 6) is 1.65. The van der Waals surface area contributed by atoms with Crippen LogP contribution in [-0.4, -0.2) is 28.6 Å². The second-order valence-electron chi connectivity index (χ2n) is 4.43. The molecular weight excluding hydrogens is 256 g/mol. The van der Waals surface area contributed by atoms with Gasteiger partial charge < -0.3 is 14.8 Å². The predicted molar refractivity (Wildman–Crippen MR) is 75.7 cm³/mol. The standard InChI is InChI=1S/C14H20N4O2/c1-4-15-8-11-7-13(19-3)5-6-14(11)20-10-12-9-18(2)17-16-12/h5-7,9,15H,4,8,10H2,1-3H3. The van der Waals surface area contributed by atoms with Crippen molar-refractivity contribution in [3.8, 4) is 11.5 Å². The van der Waals surface area contributed by atoms with Crippen LogP contribution in [0.25, 0.3) is 0 Å². The Kier molecular flexibility index (Phi) is 4.95. The quantitative estimate of drug-likeness (QED) is 0.830. The van der Waals surface area contributed by atoms with E-state index in [1.54, 1.807) is 11.8 Å². The molecular formula is C14H20N4O2. The Balaban J connectivity index is 2.08. The minimum Gasteiger partial charge on any atom is -0.497 e. The van der Waals surface area contributed by atoms with Crippen LogP contribution in [0.15, 0.2) is 24.4 Å². The Bertz CT molecular complexity index is 554. The van der Waals surface area contributed by atoms with E-state index in [-0.39, 0.29) is 0 Å². The van der Waals surface area contributed by atoms with E-state index in [2.05, 4.69) is 22.6 Å². The highest BCUT2D eigenvalue weighted by atomic mass is 16.5. The molecule has 6 heteroatoms. The highest BCUT2D eigenvalue weighted by Gasteiger charge is 2.07. The fourth-order valence-electron chi connectivity index (χ4n) is 1.83. The lowest BCUT2D eigenvalue weighted by Crippen LogP contribution is -2.13. The van der Waals surface area contributed by atoms with Crippen LogP contribution in [-0.2, 0) is 20.2 Å². The molecule has 0 aliphatic rings. The molecule has 0 amide bonds. The Morgan fingerprint density at radius 1 is 1.35 bits per heavy atom. The second-order valence-corrected chi connectivity index (χ2v) is 4.43. The fourth-order valence-corrected chi connectivity index (χ4v) is 1.83. The lowest BCUT2D eigenvalue weighted by molar-refractivity contribution is 0.296. The lowest BCUT2D eigenvalue weighted by Gasteiger charge is -2.12. The number of nitrogens with zero attached hydrogens (tertiary/aromatic N) is 3. The van der Waals surface area contributed by atoms with Crippen molar-refractivity contribution in [3.63, 3.8) is 0 Å². The van der Waals surface area contributed by atoms with Crippen molar-refractivity contribution in [2.45, 2.75) is 20.1 Å². The minimum atomic E-state index is 0.402. The first kappa shape index (κ1) is 14.3. The SMILES string of the molecule is CCNCc1cc(OC)ccc1OCc1cn(C)nn1. The van der Waals surface area contributed by atoms with E-state index in [1.165, 1.54) is 0 Å². The molecule has 108 valence electrons. The summed E-state index contributed by atoms with van der Waals surface area (Å²) in [7, 11) is 3.49. The van der Waals surface area contributed by atoms with Gasteiger partial charge in [0.05, 0.1) is 13.3 Å². The van der Waals surface area contributed by atoms with Gasteiger partial charge in [-0.3, -0.25) is 4.68 Å². The van der Waals surface area contributed by atoms with Gasteiger partial charge in [0.2, 0.25) is 0 Å². The van der Waals surface area contributed by atoms with Crippen molar-refractivity contribution in [2.75, 3.05) is 13.7 Å². The summed E-state index contributed by atoms with van der Waals surface area (Å²) in [6, 6.07) is 5.79. The molecule has 0 saturated heterocycles. The third-order valence-electron chi connectivity index (χ3n) is 2.86. The molecule has 0 aliphatic carbocycles. The zero-order valence-corrected chi connectivity index (χ0v) is 12.1. The van der Waals surface area contributed by atoms with Gasteiger partial charge in [-0.15, -0.1) is 5.10 Å². The van der Waals surface area contributed by atoms with E-state index in [9.17, 15) is 0 Å². The topological polar surface area (TPSA) is 61.2 Å². The predicted octanol–water partition coefficient (Wildman–Crippen LogP) is 1.51. The number of rotatable bonds is 7. The molecule has 1 aromatic carbocycles. The number of methoxy groups -OCH3 is 1. The van der Waals surface area contributed by atoms with Crippen molar-refractivity contribution in [1.29, 1.82) is 0 Å². The van der Waals surface area contributed by atoms with Gasteiger partial charge in [-0.25, -0.2) is 0 Å². The van der Waals surface area contributed by atoms with Crippen LogP contribution in [0.1, 0.15) is 18.2 Å².